The summed E-state index contributed by atoms with van der Waals surface area (Å²) in [6.07, 6.45) is 3.24. The Kier molecular flexibility index (Phi) is 3.19. The number of anilines is 1. The minimum Gasteiger partial charge on any atom is -0.347 e. The maximum atomic E-state index is 11.1. The monoisotopic (exact) mass is 180 g/mol. The van der Waals surface area contributed by atoms with Gasteiger partial charge in [0.05, 0.1) is 6.54 Å². The van der Waals surface area contributed by atoms with Crippen LogP contribution in [0.15, 0.2) is 18.5 Å². The van der Waals surface area contributed by atoms with Crippen molar-refractivity contribution < 1.29 is 4.79 Å². The van der Waals surface area contributed by atoms with Crippen molar-refractivity contribution in [3.05, 3.63) is 18.5 Å². The van der Waals surface area contributed by atoms with Crippen molar-refractivity contribution in [3.8, 4) is 0 Å². The lowest BCUT2D eigenvalue weighted by Crippen LogP contribution is -2.29. The first kappa shape index (κ1) is 9.44. The summed E-state index contributed by atoms with van der Waals surface area (Å²) in [6, 6.07) is 1.72. The molecule has 0 radical (unpaired) electrons. The number of hydrogen-bond donors (Lipinski definition) is 1. The molecule has 0 spiro atoms. The maximum absolute atomic E-state index is 11.1. The molecular formula is C8H12N4O. The predicted molar refractivity (Wildman–Crippen MR) is 49.2 cm³/mol. The van der Waals surface area contributed by atoms with E-state index in [-0.39, 0.29) is 12.5 Å². The van der Waals surface area contributed by atoms with Gasteiger partial charge < -0.3 is 10.2 Å². The Labute approximate surface area is 76.8 Å². The lowest BCUT2D eigenvalue weighted by atomic mass is 10.5. The third-order valence-corrected chi connectivity index (χ3v) is 1.46. The molecule has 0 atom stereocenters. The minimum atomic E-state index is -0.00699. The molecule has 0 aromatic carbocycles. The van der Waals surface area contributed by atoms with Gasteiger partial charge in [-0.25, -0.2) is 9.97 Å². The Morgan fingerprint density at radius 2 is 2.08 bits per heavy atom. The zero-order valence-electron chi connectivity index (χ0n) is 7.69. The molecule has 5 heteroatoms. The predicted octanol–water partition coefficient (Wildman–Crippen LogP) is -0.0233. The first-order valence-electron chi connectivity index (χ1n) is 3.91. The molecule has 1 amide bonds. The highest BCUT2D eigenvalue weighted by atomic mass is 16.2. The van der Waals surface area contributed by atoms with Crippen molar-refractivity contribution in [3.63, 3.8) is 0 Å². The van der Waals surface area contributed by atoms with E-state index in [1.807, 2.05) is 0 Å². The maximum Gasteiger partial charge on any atom is 0.241 e. The molecule has 0 aliphatic rings. The van der Waals surface area contributed by atoms with E-state index >= 15 is 0 Å². The fourth-order valence-electron chi connectivity index (χ4n) is 0.703. The molecule has 0 fully saturated rings. The largest absolute Gasteiger partial charge is 0.347 e. The van der Waals surface area contributed by atoms with Crippen molar-refractivity contribution in [2.75, 3.05) is 26.0 Å². The Hall–Kier alpha value is -1.65. The molecule has 1 N–H and O–H groups in total. The van der Waals surface area contributed by atoms with E-state index < -0.39 is 0 Å². The number of aromatic nitrogens is 2. The van der Waals surface area contributed by atoms with Crippen LogP contribution in [0, 0.1) is 0 Å². The molecule has 0 bridgehead atoms. The molecule has 0 unspecified atom stereocenters. The van der Waals surface area contributed by atoms with Gasteiger partial charge in [0.2, 0.25) is 11.9 Å². The van der Waals surface area contributed by atoms with Gasteiger partial charge in [-0.05, 0) is 6.07 Å². The second-order valence-corrected chi connectivity index (χ2v) is 2.71. The average Bonchev–Trinajstić information content (AvgIpc) is 2.15. The number of amides is 1. The highest BCUT2D eigenvalue weighted by Gasteiger charge is 2.03. The summed E-state index contributed by atoms with van der Waals surface area (Å²) in [5, 5.41) is 2.81. The molecule has 0 saturated heterocycles. The number of carbonyl (C=O) groups is 1. The Balaban J connectivity index is 2.40. The summed E-state index contributed by atoms with van der Waals surface area (Å²) < 4.78 is 0. The molecular weight excluding hydrogens is 168 g/mol. The van der Waals surface area contributed by atoms with Crippen LogP contribution < -0.4 is 5.32 Å². The fourth-order valence-corrected chi connectivity index (χ4v) is 0.703. The molecule has 70 valence electrons. The smallest absolute Gasteiger partial charge is 0.241 e. The minimum absolute atomic E-state index is 0.00699. The lowest BCUT2D eigenvalue weighted by Gasteiger charge is -2.10. The summed E-state index contributed by atoms with van der Waals surface area (Å²) >= 11 is 0. The fraction of sp³-hybridized carbons (Fsp3) is 0.375. The van der Waals surface area contributed by atoms with E-state index in [0.29, 0.717) is 5.95 Å². The Bertz CT molecular complexity index is 273. The highest BCUT2D eigenvalue weighted by Crippen LogP contribution is 1.92. The van der Waals surface area contributed by atoms with Crippen LogP contribution in [-0.4, -0.2) is 41.4 Å². The second kappa shape index (κ2) is 4.39. The Morgan fingerprint density at radius 3 is 2.62 bits per heavy atom. The van der Waals surface area contributed by atoms with Crippen LogP contribution in [0.1, 0.15) is 0 Å². The van der Waals surface area contributed by atoms with Gasteiger partial charge in [-0.2, -0.15) is 0 Å². The third-order valence-electron chi connectivity index (χ3n) is 1.46. The van der Waals surface area contributed by atoms with Gasteiger partial charge in [-0.3, -0.25) is 4.79 Å². The number of rotatable bonds is 3. The molecule has 13 heavy (non-hydrogen) atoms. The van der Waals surface area contributed by atoms with Gasteiger partial charge in [-0.1, -0.05) is 0 Å². The van der Waals surface area contributed by atoms with E-state index in [4.69, 9.17) is 0 Å². The van der Waals surface area contributed by atoms with E-state index in [0.717, 1.165) is 0 Å². The number of likely N-dealkylation sites (N-methyl/N-ethyl adjacent to an activating group) is 1. The van der Waals surface area contributed by atoms with Crippen LogP contribution in [0.2, 0.25) is 0 Å². The number of hydrogen-bond acceptors (Lipinski definition) is 4. The van der Waals surface area contributed by atoms with Crippen LogP contribution >= 0.6 is 0 Å². The van der Waals surface area contributed by atoms with E-state index in [9.17, 15) is 4.79 Å². The molecule has 1 aromatic rings. The molecule has 1 heterocycles. The van der Waals surface area contributed by atoms with Crippen LogP contribution in [0.4, 0.5) is 5.95 Å². The van der Waals surface area contributed by atoms with Crippen molar-refractivity contribution in [2.45, 2.75) is 0 Å². The first-order chi connectivity index (χ1) is 6.20. The standard InChI is InChI=1S/C8H12N4O/c1-12(2)7(13)6-11-8-9-4-3-5-10-8/h3-5H,6H2,1-2H3,(H,9,10,11). The normalized spacial score (nSPS) is 9.38. The molecule has 0 aliphatic heterocycles. The molecule has 0 saturated carbocycles. The summed E-state index contributed by atoms with van der Waals surface area (Å²) in [5.74, 6) is 0.463. The van der Waals surface area contributed by atoms with Crippen LogP contribution in [-0.2, 0) is 4.79 Å². The highest BCUT2D eigenvalue weighted by molar-refractivity contribution is 5.79. The van der Waals surface area contributed by atoms with Crippen molar-refractivity contribution in [1.29, 1.82) is 0 Å². The van der Waals surface area contributed by atoms with Crippen molar-refractivity contribution in [2.24, 2.45) is 0 Å². The summed E-state index contributed by atoms with van der Waals surface area (Å²) in [7, 11) is 3.41. The van der Waals surface area contributed by atoms with Crippen molar-refractivity contribution in [1.82, 2.24) is 14.9 Å². The first-order valence-corrected chi connectivity index (χ1v) is 3.91. The topological polar surface area (TPSA) is 58.1 Å². The van der Waals surface area contributed by atoms with Gasteiger partial charge in [0, 0.05) is 26.5 Å². The number of nitrogens with zero attached hydrogens (tertiary/aromatic N) is 3. The zero-order valence-corrected chi connectivity index (χ0v) is 7.69. The van der Waals surface area contributed by atoms with Crippen LogP contribution in [0.3, 0.4) is 0 Å². The quantitative estimate of drug-likeness (QED) is 0.710. The van der Waals surface area contributed by atoms with Crippen LogP contribution in [0.25, 0.3) is 0 Å². The zero-order chi connectivity index (χ0) is 9.68. The van der Waals surface area contributed by atoms with Gasteiger partial charge in [0.15, 0.2) is 0 Å². The van der Waals surface area contributed by atoms with Gasteiger partial charge in [-0.15, -0.1) is 0 Å². The molecule has 0 aliphatic carbocycles. The van der Waals surface area contributed by atoms with Crippen LogP contribution in [0.5, 0.6) is 0 Å². The lowest BCUT2D eigenvalue weighted by molar-refractivity contribution is -0.126. The number of nitrogens with one attached hydrogen (secondary N) is 1. The van der Waals surface area contributed by atoms with Gasteiger partial charge >= 0.3 is 0 Å². The SMILES string of the molecule is CN(C)C(=O)CNc1ncccn1. The Morgan fingerprint density at radius 1 is 1.46 bits per heavy atom. The molecule has 5 nitrogen and oxygen atoms in total. The number of carbonyl (C=O) groups excluding carboxylic acids is 1. The molecule has 1 rings (SSSR count). The summed E-state index contributed by atoms with van der Waals surface area (Å²) in [4.78, 5) is 20.5. The average molecular weight is 180 g/mol. The van der Waals surface area contributed by atoms with Crippen molar-refractivity contribution >= 4 is 11.9 Å². The summed E-state index contributed by atoms with van der Waals surface area (Å²) in [5.41, 5.74) is 0. The summed E-state index contributed by atoms with van der Waals surface area (Å²) in [6.45, 7) is 0.219. The molecule has 1 aromatic heterocycles. The third kappa shape index (κ3) is 3.06. The van der Waals surface area contributed by atoms with Gasteiger partial charge in [0.1, 0.15) is 0 Å². The van der Waals surface area contributed by atoms with E-state index in [1.165, 1.54) is 4.90 Å². The second-order valence-electron chi connectivity index (χ2n) is 2.71. The van der Waals surface area contributed by atoms with E-state index in [1.54, 1.807) is 32.6 Å². The van der Waals surface area contributed by atoms with E-state index in [2.05, 4.69) is 15.3 Å². The van der Waals surface area contributed by atoms with Gasteiger partial charge in [0.25, 0.3) is 0 Å².